The number of aliphatic hydroxyl groups is 2. The first-order valence-electron chi connectivity index (χ1n) is 6.55. The van der Waals surface area contributed by atoms with Crippen LogP contribution in [0.25, 0.3) is 0 Å². The standard InChI is InChI=1S/C15H23FO2/c1-3-5-12(2)9-15(10-17,11-18)13-6-4-7-14(16)8-13/h4,6-8,12,17-18H,3,5,9-11H2,1-2H3. The van der Waals surface area contributed by atoms with Crippen LogP contribution in [-0.4, -0.2) is 23.4 Å². The van der Waals surface area contributed by atoms with Gasteiger partial charge in [-0.25, -0.2) is 4.39 Å². The summed E-state index contributed by atoms with van der Waals surface area (Å²) in [5, 5.41) is 19.3. The summed E-state index contributed by atoms with van der Waals surface area (Å²) in [6.45, 7) is 3.88. The van der Waals surface area contributed by atoms with Crippen LogP contribution in [0, 0.1) is 11.7 Å². The maximum absolute atomic E-state index is 13.3. The summed E-state index contributed by atoms with van der Waals surface area (Å²) >= 11 is 0. The molecule has 3 heteroatoms. The first-order chi connectivity index (χ1) is 8.57. The molecule has 1 atom stereocenters. The fourth-order valence-electron chi connectivity index (χ4n) is 2.56. The SMILES string of the molecule is CCCC(C)CC(CO)(CO)c1cccc(F)c1. The highest BCUT2D eigenvalue weighted by Crippen LogP contribution is 2.32. The van der Waals surface area contributed by atoms with Crippen molar-refractivity contribution in [2.75, 3.05) is 13.2 Å². The molecule has 0 aliphatic carbocycles. The van der Waals surface area contributed by atoms with Gasteiger partial charge in [-0.15, -0.1) is 0 Å². The van der Waals surface area contributed by atoms with Crippen LogP contribution in [0.4, 0.5) is 4.39 Å². The molecule has 0 aliphatic heterocycles. The summed E-state index contributed by atoms with van der Waals surface area (Å²) in [6.07, 6.45) is 2.77. The van der Waals surface area contributed by atoms with Gasteiger partial charge in [0, 0.05) is 5.41 Å². The molecule has 0 aliphatic rings. The Morgan fingerprint density at radius 1 is 1.28 bits per heavy atom. The summed E-state index contributed by atoms with van der Waals surface area (Å²) in [6, 6.07) is 6.17. The summed E-state index contributed by atoms with van der Waals surface area (Å²) in [4.78, 5) is 0. The molecule has 1 unspecified atom stereocenters. The molecule has 0 bridgehead atoms. The van der Waals surface area contributed by atoms with Gasteiger partial charge in [0.25, 0.3) is 0 Å². The van der Waals surface area contributed by atoms with Crippen molar-refractivity contribution in [3.8, 4) is 0 Å². The maximum atomic E-state index is 13.3. The number of halogens is 1. The van der Waals surface area contributed by atoms with Crippen LogP contribution in [0.15, 0.2) is 24.3 Å². The van der Waals surface area contributed by atoms with Gasteiger partial charge in [0.05, 0.1) is 13.2 Å². The van der Waals surface area contributed by atoms with Crippen LogP contribution in [0.1, 0.15) is 38.7 Å². The van der Waals surface area contributed by atoms with E-state index in [-0.39, 0.29) is 19.0 Å². The fraction of sp³-hybridized carbons (Fsp3) is 0.600. The van der Waals surface area contributed by atoms with Gasteiger partial charge in [0.2, 0.25) is 0 Å². The quantitative estimate of drug-likeness (QED) is 0.785. The first-order valence-corrected chi connectivity index (χ1v) is 6.55. The Balaban J connectivity index is 2.99. The highest BCUT2D eigenvalue weighted by molar-refractivity contribution is 5.26. The summed E-state index contributed by atoms with van der Waals surface area (Å²) in [5.74, 6) is 0.0551. The van der Waals surface area contributed by atoms with Crippen LogP contribution in [0.3, 0.4) is 0 Å². The van der Waals surface area contributed by atoms with Gasteiger partial charge in [0.15, 0.2) is 0 Å². The maximum Gasteiger partial charge on any atom is 0.123 e. The Morgan fingerprint density at radius 3 is 2.44 bits per heavy atom. The van der Waals surface area contributed by atoms with E-state index >= 15 is 0 Å². The Labute approximate surface area is 108 Å². The molecule has 0 spiro atoms. The lowest BCUT2D eigenvalue weighted by molar-refractivity contribution is 0.0954. The Kier molecular flexibility index (Phi) is 5.76. The third-order valence-electron chi connectivity index (χ3n) is 3.56. The van der Waals surface area contributed by atoms with Gasteiger partial charge in [-0.1, -0.05) is 38.8 Å². The lowest BCUT2D eigenvalue weighted by Crippen LogP contribution is -2.36. The van der Waals surface area contributed by atoms with Crippen molar-refractivity contribution in [3.05, 3.63) is 35.6 Å². The van der Waals surface area contributed by atoms with E-state index in [1.165, 1.54) is 12.1 Å². The van der Waals surface area contributed by atoms with Gasteiger partial charge in [0.1, 0.15) is 5.82 Å². The second-order valence-electron chi connectivity index (χ2n) is 5.20. The summed E-state index contributed by atoms with van der Waals surface area (Å²) < 4.78 is 13.3. The zero-order valence-electron chi connectivity index (χ0n) is 11.2. The fourth-order valence-corrected chi connectivity index (χ4v) is 2.56. The average molecular weight is 254 g/mol. The molecule has 0 fully saturated rings. The van der Waals surface area contributed by atoms with E-state index < -0.39 is 5.41 Å². The van der Waals surface area contributed by atoms with Crippen molar-refractivity contribution in [2.24, 2.45) is 5.92 Å². The highest BCUT2D eigenvalue weighted by atomic mass is 19.1. The molecule has 0 saturated carbocycles. The molecule has 1 rings (SSSR count). The molecule has 1 aromatic carbocycles. The molecule has 0 radical (unpaired) electrons. The third kappa shape index (κ3) is 3.53. The van der Waals surface area contributed by atoms with Crippen LogP contribution >= 0.6 is 0 Å². The Bertz CT molecular complexity index is 361. The van der Waals surface area contributed by atoms with Crippen LogP contribution in [0.2, 0.25) is 0 Å². The Hall–Kier alpha value is -0.930. The number of hydrogen-bond acceptors (Lipinski definition) is 2. The number of rotatable bonds is 7. The van der Waals surface area contributed by atoms with E-state index in [1.807, 2.05) is 0 Å². The predicted octanol–water partition coefficient (Wildman–Crippen LogP) is 2.87. The smallest absolute Gasteiger partial charge is 0.123 e. The second kappa shape index (κ2) is 6.86. The lowest BCUT2D eigenvalue weighted by atomic mass is 9.74. The van der Waals surface area contributed by atoms with E-state index in [1.54, 1.807) is 12.1 Å². The molecule has 18 heavy (non-hydrogen) atoms. The van der Waals surface area contributed by atoms with Gasteiger partial charge < -0.3 is 10.2 Å². The monoisotopic (exact) mass is 254 g/mol. The van der Waals surface area contributed by atoms with Crippen molar-refractivity contribution < 1.29 is 14.6 Å². The zero-order valence-corrected chi connectivity index (χ0v) is 11.2. The summed E-state index contributed by atoms with van der Waals surface area (Å²) in [5.41, 5.74) is -0.0631. The van der Waals surface area contributed by atoms with E-state index in [9.17, 15) is 14.6 Å². The lowest BCUT2D eigenvalue weighted by Gasteiger charge is -2.33. The number of aliphatic hydroxyl groups excluding tert-OH is 2. The molecule has 0 aromatic heterocycles. The summed E-state index contributed by atoms with van der Waals surface area (Å²) in [7, 11) is 0. The van der Waals surface area contributed by atoms with E-state index in [4.69, 9.17) is 0 Å². The van der Waals surface area contributed by atoms with Gasteiger partial charge >= 0.3 is 0 Å². The molecule has 2 nitrogen and oxygen atoms in total. The van der Waals surface area contributed by atoms with Crippen LogP contribution in [0.5, 0.6) is 0 Å². The van der Waals surface area contributed by atoms with E-state index in [2.05, 4.69) is 13.8 Å². The molecule has 2 N–H and O–H groups in total. The normalized spacial score (nSPS) is 13.6. The van der Waals surface area contributed by atoms with Gasteiger partial charge in [-0.3, -0.25) is 0 Å². The molecular formula is C15H23FO2. The van der Waals surface area contributed by atoms with Gasteiger partial charge in [-0.05, 0) is 30.0 Å². The first kappa shape index (κ1) is 15.1. The average Bonchev–Trinajstić information content (AvgIpc) is 2.36. The zero-order chi connectivity index (χ0) is 13.6. The molecular weight excluding hydrogens is 231 g/mol. The van der Waals surface area contributed by atoms with Crippen molar-refractivity contribution in [2.45, 2.75) is 38.5 Å². The van der Waals surface area contributed by atoms with Crippen molar-refractivity contribution in [3.63, 3.8) is 0 Å². The third-order valence-corrected chi connectivity index (χ3v) is 3.56. The minimum Gasteiger partial charge on any atom is -0.395 e. The highest BCUT2D eigenvalue weighted by Gasteiger charge is 2.32. The van der Waals surface area contributed by atoms with Crippen molar-refractivity contribution in [1.29, 1.82) is 0 Å². The van der Waals surface area contributed by atoms with Crippen molar-refractivity contribution in [1.82, 2.24) is 0 Å². The molecule has 0 saturated heterocycles. The van der Waals surface area contributed by atoms with E-state index in [0.717, 1.165) is 12.8 Å². The van der Waals surface area contributed by atoms with E-state index in [0.29, 0.717) is 17.9 Å². The second-order valence-corrected chi connectivity index (χ2v) is 5.20. The molecule has 0 heterocycles. The largest absolute Gasteiger partial charge is 0.395 e. The minimum atomic E-state index is -0.739. The molecule has 0 amide bonds. The van der Waals surface area contributed by atoms with Gasteiger partial charge in [-0.2, -0.15) is 0 Å². The Morgan fingerprint density at radius 2 is 1.94 bits per heavy atom. The topological polar surface area (TPSA) is 40.5 Å². The molecule has 102 valence electrons. The minimum absolute atomic E-state index is 0.166. The predicted molar refractivity (Wildman–Crippen MR) is 70.9 cm³/mol. The number of hydrogen-bond donors (Lipinski definition) is 2. The van der Waals surface area contributed by atoms with Crippen molar-refractivity contribution >= 4 is 0 Å². The van der Waals surface area contributed by atoms with Crippen LogP contribution < -0.4 is 0 Å². The number of benzene rings is 1. The molecule has 1 aromatic rings. The van der Waals surface area contributed by atoms with Crippen LogP contribution in [-0.2, 0) is 5.41 Å².